The minimum Gasteiger partial charge on any atom is -0.341 e. The molecule has 0 unspecified atom stereocenters. The molecule has 96 valence electrons. The molecule has 1 aliphatic rings. The second-order valence-corrected chi connectivity index (χ2v) is 4.98. The van der Waals surface area contributed by atoms with Gasteiger partial charge in [0.2, 0.25) is 5.95 Å². The fourth-order valence-electron chi connectivity index (χ4n) is 2.26. The van der Waals surface area contributed by atoms with Crippen LogP contribution in [0.4, 0.5) is 5.95 Å². The molecule has 1 aromatic heterocycles. The number of rotatable bonds is 3. The van der Waals surface area contributed by atoms with Crippen LogP contribution in [0.1, 0.15) is 38.9 Å². The van der Waals surface area contributed by atoms with Crippen LogP contribution in [0.15, 0.2) is 6.20 Å². The van der Waals surface area contributed by atoms with Crippen molar-refractivity contribution in [3.63, 3.8) is 0 Å². The summed E-state index contributed by atoms with van der Waals surface area (Å²) in [4.78, 5) is 7.19. The molecule has 4 nitrogen and oxygen atoms in total. The molecule has 1 N–H and O–H groups in total. The van der Waals surface area contributed by atoms with Crippen LogP contribution in [-0.4, -0.2) is 35.7 Å². The Balaban J connectivity index is 2.25. The number of hydrogen-bond donors (Lipinski definition) is 1. The minimum absolute atomic E-state index is 0.481. The minimum atomic E-state index is 0.481. The SMILES string of the molecule is CCc1cn(C(C)C)c(N2CCCNCC2)n1. The van der Waals surface area contributed by atoms with Crippen LogP contribution in [0.3, 0.4) is 0 Å². The molecule has 0 radical (unpaired) electrons. The largest absolute Gasteiger partial charge is 0.341 e. The lowest BCUT2D eigenvalue weighted by molar-refractivity contribution is 0.585. The standard InChI is InChI=1S/C13H24N4/c1-4-12-10-17(11(2)3)13(15-12)16-8-5-6-14-7-9-16/h10-11,14H,4-9H2,1-3H3. The summed E-state index contributed by atoms with van der Waals surface area (Å²) < 4.78 is 2.31. The molecule has 1 fully saturated rings. The number of nitrogens with zero attached hydrogens (tertiary/aromatic N) is 3. The zero-order valence-electron chi connectivity index (χ0n) is 11.2. The molecule has 0 bridgehead atoms. The number of aryl methyl sites for hydroxylation is 1. The lowest BCUT2D eigenvalue weighted by atomic mass is 10.3. The van der Waals surface area contributed by atoms with Crippen molar-refractivity contribution in [2.45, 2.75) is 39.7 Å². The molecular weight excluding hydrogens is 212 g/mol. The normalized spacial score (nSPS) is 17.5. The summed E-state index contributed by atoms with van der Waals surface area (Å²) in [5.41, 5.74) is 1.20. The summed E-state index contributed by atoms with van der Waals surface area (Å²) in [7, 11) is 0. The molecule has 17 heavy (non-hydrogen) atoms. The highest BCUT2D eigenvalue weighted by molar-refractivity contribution is 5.34. The van der Waals surface area contributed by atoms with Crippen LogP contribution < -0.4 is 10.2 Å². The van der Waals surface area contributed by atoms with E-state index in [0.717, 1.165) is 38.5 Å². The van der Waals surface area contributed by atoms with Gasteiger partial charge in [-0.25, -0.2) is 4.98 Å². The van der Waals surface area contributed by atoms with Crippen molar-refractivity contribution in [3.8, 4) is 0 Å². The molecule has 1 aromatic rings. The molecule has 1 saturated heterocycles. The molecule has 0 spiro atoms. The van der Waals surface area contributed by atoms with Gasteiger partial charge in [0.05, 0.1) is 5.69 Å². The average molecular weight is 236 g/mol. The molecule has 2 heterocycles. The predicted octanol–water partition coefficient (Wildman–Crippen LogP) is 1.83. The molecule has 0 aliphatic carbocycles. The Bertz CT molecular complexity index is 348. The van der Waals surface area contributed by atoms with Gasteiger partial charge in [-0.05, 0) is 33.2 Å². The second-order valence-electron chi connectivity index (χ2n) is 4.98. The van der Waals surface area contributed by atoms with E-state index in [1.807, 2.05) is 0 Å². The number of hydrogen-bond acceptors (Lipinski definition) is 3. The molecule has 0 saturated carbocycles. The van der Waals surface area contributed by atoms with E-state index in [-0.39, 0.29) is 0 Å². The summed E-state index contributed by atoms with van der Waals surface area (Å²) in [5, 5.41) is 3.44. The Morgan fingerprint density at radius 2 is 2.18 bits per heavy atom. The van der Waals surface area contributed by atoms with Gasteiger partial charge in [0.15, 0.2) is 0 Å². The van der Waals surface area contributed by atoms with Gasteiger partial charge >= 0.3 is 0 Å². The number of aromatic nitrogens is 2. The maximum atomic E-state index is 4.78. The summed E-state index contributed by atoms with van der Waals surface area (Å²) in [6, 6.07) is 0.481. The zero-order valence-corrected chi connectivity index (χ0v) is 11.2. The van der Waals surface area contributed by atoms with Crippen molar-refractivity contribution >= 4 is 5.95 Å². The van der Waals surface area contributed by atoms with Gasteiger partial charge in [0.1, 0.15) is 0 Å². The van der Waals surface area contributed by atoms with Gasteiger partial charge < -0.3 is 14.8 Å². The summed E-state index contributed by atoms with van der Waals surface area (Å²) in [6.45, 7) is 11.0. The van der Waals surface area contributed by atoms with Gasteiger partial charge in [0.25, 0.3) is 0 Å². The van der Waals surface area contributed by atoms with Crippen molar-refractivity contribution in [2.75, 3.05) is 31.1 Å². The first-order valence-corrected chi connectivity index (χ1v) is 6.75. The lowest BCUT2D eigenvalue weighted by Crippen LogP contribution is -2.30. The zero-order chi connectivity index (χ0) is 12.3. The average Bonchev–Trinajstić information content (AvgIpc) is 2.57. The van der Waals surface area contributed by atoms with Crippen molar-refractivity contribution in [2.24, 2.45) is 0 Å². The Morgan fingerprint density at radius 3 is 2.88 bits per heavy atom. The fourth-order valence-corrected chi connectivity index (χ4v) is 2.26. The smallest absolute Gasteiger partial charge is 0.206 e. The van der Waals surface area contributed by atoms with Crippen molar-refractivity contribution < 1.29 is 0 Å². The van der Waals surface area contributed by atoms with Crippen LogP contribution in [0.25, 0.3) is 0 Å². The lowest BCUT2D eigenvalue weighted by Gasteiger charge is -2.23. The van der Waals surface area contributed by atoms with Crippen LogP contribution in [0, 0.1) is 0 Å². The number of nitrogens with one attached hydrogen (secondary N) is 1. The maximum Gasteiger partial charge on any atom is 0.206 e. The molecule has 1 aliphatic heterocycles. The summed E-state index contributed by atoms with van der Waals surface area (Å²) >= 11 is 0. The number of anilines is 1. The summed E-state index contributed by atoms with van der Waals surface area (Å²) in [5.74, 6) is 1.15. The van der Waals surface area contributed by atoms with Crippen molar-refractivity contribution in [1.29, 1.82) is 0 Å². The molecular formula is C13H24N4. The van der Waals surface area contributed by atoms with Crippen LogP contribution >= 0.6 is 0 Å². The van der Waals surface area contributed by atoms with Gasteiger partial charge in [-0.2, -0.15) is 0 Å². The highest BCUT2D eigenvalue weighted by Gasteiger charge is 2.17. The Labute approximate surface area is 104 Å². The Kier molecular flexibility index (Phi) is 4.05. The third-order valence-corrected chi connectivity index (χ3v) is 3.30. The molecule has 0 atom stereocenters. The first-order chi connectivity index (χ1) is 8.22. The van der Waals surface area contributed by atoms with E-state index in [1.165, 1.54) is 12.1 Å². The van der Waals surface area contributed by atoms with Crippen molar-refractivity contribution in [3.05, 3.63) is 11.9 Å². The molecule has 4 heteroatoms. The van der Waals surface area contributed by atoms with Crippen LogP contribution in [0.5, 0.6) is 0 Å². The van der Waals surface area contributed by atoms with E-state index in [1.54, 1.807) is 0 Å². The highest BCUT2D eigenvalue weighted by atomic mass is 15.3. The molecule has 2 rings (SSSR count). The summed E-state index contributed by atoms with van der Waals surface area (Å²) in [6.07, 6.45) is 4.42. The van der Waals surface area contributed by atoms with E-state index in [4.69, 9.17) is 4.98 Å². The van der Waals surface area contributed by atoms with Crippen molar-refractivity contribution in [1.82, 2.24) is 14.9 Å². The third-order valence-electron chi connectivity index (χ3n) is 3.30. The van der Waals surface area contributed by atoms with E-state index in [9.17, 15) is 0 Å². The monoisotopic (exact) mass is 236 g/mol. The maximum absolute atomic E-state index is 4.78. The highest BCUT2D eigenvalue weighted by Crippen LogP contribution is 2.20. The molecule has 0 aromatic carbocycles. The topological polar surface area (TPSA) is 33.1 Å². The predicted molar refractivity (Wildman–Crippen MR) is 71.7 cm³/mol. The van der Waals surface area contributed by atoms with Gasteiger partial charge in [-0.1, -0.05) is 6.92 Å². The van der Waals surface area contributed by atoms with E-state index in [0.29, 0.717) is 6.04 Å². The van der Waals surface area contributed by atoms with Crippen LogP contribution in [0.2, 0.25) is 0 Å². The third kappa shape index (κ3) is 2.80. The van der Waals surface area contributed by atoms with E-state index >= 15 is 0 Å². The van der Waals surface area contributed by atoms with E-state index in [2.05, 4.69) is 41.8 Å². The molecule has 0 amide bonds. The Morgan fingerprint density at radius 1 is 1.35 bits per heavy atom. The first-order valence-electron chi connectivity index (χ1n) is 6.75. The fraction of sp³-hybridized carbons (Fsp3) is 0.769. The first kappa shape index (κ1) is 12.4. The van der Waals surface area contributed by atoms with Gasteiger partial charge in [-0.3, -0.25) is 0 Å². The van der Waals surface area contributed by atoms with E-state index < -0.39 is 0 Å². The van der Waals surface area contributed by atoms with Gasteiger partial charge in [-0.15, -0.1) is 0 Å². The van der Waals surface area contributed by atoms with Crippen LogP contribution in [-0.2, 0) is 6.42 Å². The number of imidazole rings is 1. The Hall–Kier alpha value is -1.03. The van der Waals surface area contributed by atoms with Gasteiger partial charge in [0, 0.05) is 31.9 Å². The second kappa shape index (κ2) is 5.54. The quantitative estimate of drug-likeness (QED) is 0.869.